The van der Waals surface area contributed by atoms with Crippen molar-refractivity contribution in [2.75, 3.05) is 10.0 Å². The summed E-state index contributed by atoms with van der Waals surface area (Å²) >= 11 is 0. The molecule has 0 bridgehead atoms. The van der Waals surface area contributed by atoms with E-state index in [1.54, 1.807) is 24.3 Å². The zero-order valence-corrected chi connectivity index (χ0v) is 17.1. The Balaban J connectivity index is 1.78. The third kappa shape index (κ3) is 5.58. The summed E-state index contributed by atoms with van der Waals surface area (Å²) in [5.41, 5.74) is 3.94. The molecule has 0 aliphatic carbocycles. The topological polar surface area (TPSA) is 87.3 Å². The quantitative estimate of drug-likeness (QED) is 0.546. The molecule has 0 aliphatic heterocycles. The Labute approximate surface area is 171 Å². The molecule has 0 saturated heterocycles. The first-order valence-corrected chi connectivity index (χ1v) is 10.6. The summed E-state index contributed by atoms with van der Waals surface area (Å²) in [5, 5.41) is 5.92. The van der Waals surface area contributed by atoms with E-state index in [1.165, 1.54) is 19.1 Å². The Morgan fingerprint density at radius 3 is 2.10 bits per heavy atom. The average Bonchev–Trinajstić information content (AvgIpc) is 2.70. The van der Waals surface area contributed by atoms with Crippen molar-refractivity contribution in [2.24, 2.45) is 0 Å². The van der Waals surface area contributed by atoms with Crippen LogP contribution in [-0.2, 0) is 21.4 Å². The number of nitrogens with one attached hydrogen (secondary N) is 3. The third-order valence-electron chi connectivity index (χ3n) is 4.28. The fourth-order valence-electron chi connectivity index (χ4n) is 2.69. The van der Waals surface area contributed by atoms with Gasteiger partial charge in [-0.25, -0.2) is 8.42 Å². The van der Waals surface area contributed by atoms with E-state index in [-0.39, 0.29) is 10.8 Å². The van der Waals surface area contributed by atoms with Gasteiger partial charge in [0.25, 0.3) is 10.0 Å². The lowest BCUT2D eigenvalue weighted by Gasteiger charge is -2.14. The fraction of sp³-hybridized carbons (Fsp3) is 0.136. The van der Waals surface area contributed by atoms with Crippen molar-refractivity contribution < 1.29 is 13.2 Å². The monoisotopic (exact) mass is 409 g/mol. The summed E-state index contributed by atoms with van der Waals surface area (Å²) in [5.74, 6) is -0.138. The second kappa shape index (κ2) is 8.79. The van der Waals surface area contributed by atoms with Crippen LogP contribution in [0.15, 0.2) is 77.7 Å². The minimum absolute atomic E-state index is 0.138. The van der Waals surface area contributed by atoms with Gasteiger partial charge in [-0.1, -0.05) is 42.0 Å². The molecule has 0 saturated carbocycles. The number of hydrogen-bond acceptors (Lipinski definition) is 4. The van der Waals surface area contributed by atoms with Gasteiger partial charge in [0.1, 0.15) is 0 Å². The lowest BCUT2D eigenvalue weighted by molar-refractivity contribution is -0.119. The van der Waals surface area contributed by atoms with Crippen molar-refractivity contribution in [3.05, 3.63) is 83.9 Å². The average molecular weight is 410 g/mol. The van der Waals surface area contributed by atoms with Crippen LogP contribution in [0.5, 0.6) is 0 Å². The molecule has 0 heterocycles. The Hall–Kier alpha value is -3.32. The van der Waals surface area contributed by atoms with Crippen molar-refractivity contribution >= 4 is 33.0 Å². The number of anilines is 3. The van der Waals surface area contributed by atoms with Crippen LogP contribution in [-0.4, -0.2) is 14.3 Å². The highest BCUT2D eigenvalue weighted by Gasteiger charge is 2.16. The van der Waals surface area contributed by atoms with Gasteiger partial charge in [0.15, 0.2) is 0 Å². The number of carbonyl (C=O) groups excluding carboxylic acids is 1. The standard InChI is InChI=1S/C22H23N3O3S/c1-16-7-11-19(12-8-16)24-21-5-3-4-6-22(21)25-29(27,28)20-13-9-18(10-14-20)15-23-17(2)26/h3-14,24-25H,15H2,1-2H3,(H,23,26). The van der Waals surface area contributed by atoms with Gasteiger partial charge in [0.05, 0.1) is 16.3 Å². The Bertz CT molecular complexity index is 1090. The summed E-state index contributed by atoms with van der Waals surface area (Å²) in [7, 11) is -3.76. The van der Waals surface area contributed by atoms with Crippen LogP contribution in [0.1, 0.15) is 18.1 Å². The van der Waals surface area contributed by atoms with Crippen LogP contribution in [0.25, 0.3) is 0 Å². The molecule has 0 atom stereocenters. The predicted octanol–water partition coefficient (Wildman–Crippen LogP) is 4.18. The maximum atomic E-state index is 12.8. The molecular weight excluding hydrogens is 386 g/mol. The Kier molecular flexibility index (Phi) is 6.19. The Morgan fingerprint density at radius 1 is 0.862 bits per heavy atom. The minimum atomic E-state index is -3.76. The zero-order chi connectivity index (χ0) is 20.9. The number of benzene rings is 3. The molecule has 3 aromatic rings. The van der Waals surface area contributed by atoms with Crippen molar-refractivity contribution in [2.45, 2.75) is 25.3 Å². The van der Waals surface area contributed by atoms with E-state index in [1.807, 2.05) is 43.3 Å². The maximum absolute atomic E-state index is 12.8. The molecule has 3 aromatic carbocycles. The number of amides is 1. The first-order valence-electron chi connectivity index (χ1n) is 9.12. The minimum Gasteiger partial charge on any atom is -0.354 e. The number of sulfonamides is 1. The molecular formula is C22H23N3O3S. The molecule has 0 unspecified atom stereocenters. The van der Waals surface area contributed by atoms with Crippen LogP contribution < -0.4 is 15.4 Å². The lowest BCUT2D eigenvalue weighted by Crippen LogP contribution is -2.19. The highest BCUT2D eigenvalue weighted by Crippen LogP contribution is 2.27. The molecule has 0 spiro atoms. The SMILES string of the molecule is CC(=O)NCc1ccc(S(=O)(=O)Nc2ccccc2Nc2ccc(C)cc2)cc1. The number of hydrogen-bond donors (Lipinski definition) is 3. The third-order valence-corrected chi connectivity index (χ3v) is 5.66. The maximum Gasteiger partial charge on any atom is 0.261 e. The van der Waals surface area contributed by atoms with Crippen molar-refractivity contribution in [1.82, 2.24) is 5.32 Å². The van der Waals surface area contributed by atoms with E-state index in [2.05, 4.69) is 15.4 Å². The molecule has 3 N–H and O–H groups in total. The molecule has 0 fully saturated rings. The van der Waals surface area contributed by atoms with E-state index in [0.29, 0.717) is 17.9 Å². The van der Waals surface area contributed by atoms with Crippen molar-refractivity contribution in [3.8, 4) is 0 Å². The first kappa shape index (κ1) is 20.4. The lowest BCUT2D eigenvalue weighted by atomic mass is 10.2. The summed E-state index contributed by atoms with van der Waals surface area (Å²) in [6.07, 6.45) is 0. The molecule has 150 valence electrons. The summed E-state index contributed by atoms with van der Waals surface area (Å²) in [6.45, 7) is 3.80. The van der Waals surface area contributed by atoms with Gasteiger partial charge in [-0.2, -0.15) is 0 Å². The van der Waals surface area contributed by atoms with Crippen LogP contribution in [0, 0.1) is 6.92 Å². The van der Waals surface area contributed by atoms with E-state index in [9.17, 15) is 13.2 Å². The van der Waals surface area contributed by atoms with E-state index in [0.717, 1.165) is 16.8 Å². The molecule has 0 aromatic heterocycles. The van der Waals surface area contributed by atoms with E-state index >= 15 is 0 Å². The molecule has 29 heavy (non-hydrogen) atoms. The van der Waals surface area contributed by atoms with Gasteiger partial charge in [-0.3, -0.25) is 9.52 Å². The highest BCUT2D eigenvalue weighted by atomic mass is 32.2. The molecule has 1 amide bonds. The number of aryl methyl sites for hydroxylation is 1. The van der Waals surface area contributed by atoms with E-state index in [4.69, 9.17) is 0 Å². The fourth-order valence-corrected chi connectivity index (χ4v) is 3.77. The Morgan fingerprint density at radius 2 is 1.48 bits per heavy atom. The van der Waals surface area contributed by atoms with Gasteiger partial charge in [0, 0.05) is 19.2 Å². The number of rotatable bonds is 7. The van der Waals surface area contributed by atoms with Gasteiger partial charge in [-0.05, 0) is 48.9 Å². The summed E-state index contributed by atoms with van der Waals surface area (Å²) in [4.78, 5) is 11.2. The van der Waals surface area contributed by atoms with E-state index < -0.39 is 10.0 Å². The summed E-state index contributed by atoms with van der Waals surface area (Å²) in [6, 6.07) is 21.4. The van der Waals surface area contributed by atoms with Gasteiger partial charge < -0.3 is 10.6 Å². The van der Waals surface area contributed by atoms with Crippen LogP contribution >= 0.6 is 0 Å². The van der Waals surface area contributed by atoms with Crippen molar-refractivity contribution in [3.63, 3.8) is 0 Å². The van der Waals surface area contributed by atoms with Crippen LogP contribution in [0.2, 0.25) is 0 Å². The second-order valence-electron chi connectivity index (χ2n) is 6.70. The molecule has 0 radical (unpaired) electrons. The smallest absolute Gasteiger partial charge is 0.261 e. The second-order valence-corrected chi connectivity index (χ2v) is 8.38. The summed E-state index contributed by atoms with van der Waals surface area (Å²) < 4.78 is 28.3. The largest absolute Gasteiger partial charge is 0.354 e. The molecule has 3 rings (SSSR count). The zero-order valence-electron chi connectivity index (χ0n) is 16.3. The number of carbonyl (C=O) groups is 1. The van der Waals surface area contributed by atoms with Gasteiger partial charge in [0.2, 0.25) is 5.91 Å². The molecule has 6 nitrogen and oxygen atoms in total. The van der Waals surface area contributed by atoms with Crippen LogP contribution in [0.3, 0.4) is 0 Å². The van der Waals surface area contributed by atoms with Gasteiger partial charge >= 0.3 is 0 Å². The van der Waals surface area contributed by atoms with Crippen LogP contribution in [0.4, 0.5) is 17.1 Å². The van der Waals surface area contributed by atoms with Crippen molar-refractivity contribution in [1.29, 1.82) is 0 Å². The first-order chi connectivity index (χ1) is 13.8. The molecule has 0 aliphatic rings. The normalized spacial score (nSPS) is 11.0. The highest BCUT2D eigenvalue weighted by molar-refractivity contribution is 7.92. The predicted molar refractivity (Wildman–Crippen MR) is 116 cm³/mol. The molecule has 7 heteroatoms. The number of para-hydroxylation sites is 2. The van der Waals surface area contributed by atoms with Gasteiger partial charge in [-0.15, -0.1) is 0 Å².